The van der Waals surface area contributed by atoms with Crippen LogP contribution in [0.2, 0.25) is 5.02 Å². The van der Waals surface area contributed by atoms with Crippen molar-refractivity contribution in [2.24, 2.45) is 0 Å². The van der Waals surface area contributed by atoms with Gasteiger partial charge in [-0.25, -0.2) is 0 Å². The van der Waals surface area contributed by atoms with Crippen LogP contribution >= 0.6 is 20.8 Å². The number of hydrogen-bond acceptors (Lipinski definition) is 2. The number of carbonyl (C=O) groups is 1. The Balaban J connectivity index is 0. The highest BCUT2D eigenvalue weighted by atomic mass is 35.5. The molecule has 0 saturated heterocycles. The zero-order chi connectivity index (χ0) is 28.7. The summed E-state index contributed by atoms with van der Waals surface area (Å²) in [5.41, 5.74) is -0.990. The number of Topliss-reactive ketones (excluding diaryl/α,β-unsaturated/α-hetero) is 1. The van der Waals surface area contributed by atoms with Gasteiger partial charge in [-0.15, -0.1) is 0 Å². The van der Waals surface area contributed by atoms with Crippen molar-refractivity contribution in [2.45, 2.75) is 112 Å². The van der Waals surface area contributed by atoms with Crippen LogP contribution < -0.4 is 5.56 Å². The number of halogens is 3. The molecule has 2 aromatic rings. The average Bonchev–Trinajstić information content (AvgIpc) is 2.83. The van der Waals surface area contributed by atoms with Crippen molar-refractivity contribution < 1.29 is 13.6 Å². The lowest BCUT2D eigenvalue weighted by Crippen LogP contribution is -2.26. The molecule has 0 radical (unpaired) electrons. The standard InChI is InChI=1S/C19H23ClF2NOP.C5H10O.C3H8.C2H6/c1-5-18(3,4)16-11(2)8-13(17(24)23-16)9-12-6-7-14(20)10-15(12)19(21,22)25;1-3-5(6)4-2;1-3-2;1-2/h6-8,10H,5,9,25H2,1-4H3,(H,23,24);3-4H2,1-2H3;3H2,1-2H3;1-2H3. The Morgan fingerprint density at radius 1 is 1.00 bits per heavy atom. The summed E-state index contributed by atoms with van der Waals surface area (Å²) in [6.45, 7) is 20.1. The lowest BCUT2D eigenvalue weighted by Gasteiger charge is -2.25. The molecule has 0 saturated carbocycles. The number of nitrogens with one attached hydrogen (secondary N) is 1. The average molecular weight is 546 g/mol. The Labute approximate surface area is 225 Å². The third kappa shape index (κ3) is 12.6. The van der Waals surface area contributed by atoms with Crippen LogP contribution in [0.4, 0.5) is 8.78 Å². The fourth-order valence-corrected chi connectivity index (χ4v) is 3.61. The number of carbonyl (C=O) groups excluding carboxylic acids is 1. The molecule has 1 unspecified atom stereocenters. The number of benzene rings is 1. The zero-order valence-corrected chi connectivity index (χ0v) is 25.8. The summed E-state index contributed by atoms with van der Waals surface area (Å²) in [7, 11) is 1.53. The van der Waals surface area contributed by atoms with E-state index in [2.05, 4.69) is 39.6 Å². The molecule has 1 aromatic heterocycles. The van der Waals surface area contributed by atoms with E-state index in [0.717, 1.165) is 17.7 Å². The van der Waals surface area contributed by atoms with Gasteiger partial charge in [0.2, 0.25) is 0 Å². The van der Waals surface area contributed by atoms with Gasteiger partial charge in [-0.05, 0) is 42.7 Å². The van der Waals surface area contributed by atoms with Crippen molar-refractivity contribution in [3.63, 3.8) is 0 Å². The van der Waals surface area contributed by atoms with Crippen LogP contribution in [0.25, 0.3) is 0 Å². The van der Waals surface area contributed by atoms with Crippen molar-refractivity contribution >= 4 is 26.6 Å². The van der Waals surface area contributed by atoms with Crippen molar-refractivity contribution in [3.8, 4) is 0 Å². The summed E-state index contributed by atoms with van der Waals surface area (Å²) >= 11 is 5.86. The van der Waals surface area contributed by atoms with E-state index >= 15 is 0 Å². The van der Waals surface area contributed by atoms with Crippen molar-refractivity contribution in [1.82, 2.24) is 4.98 Å². The summed E-state index contributed by atoms with van der Waals surface area (Å²) in [4.78, 5) is 25.6. The van der Waals surface area contributed by atoms with Gasteiger partial charge >= 0.3 is 0 Å². The molecular formula is C29H47ClF2NO2P. The van der Waals surface area contributed by atoms with Crippen LogP contribution in [0.15, 0.2) is 29.1 Å². The minimum Gasteiger partial charge on any atom is -0.325 e. The molecule has 206 valence electrons. The van der Waals surface area contributed by atoms with Gasteiger partial charge in [0, 0.05) is 46.5 Å². The third-order valence-corrected chi connectivity index (χ3v) is 6.02. The summed E-state index contributed by atoms with van der Waals surface area (Å²) < 4.78 is 27.7. The van der Waals surface area contributed by atoms with E-state index in [4.69, 9.17) is 11.6 Å². The summed E-state index contributed by atoms with van der Waals surface area (Å²) in [6.07, 6.45) is 3.64. The first-order valence-electron chi connectivity index (χ1n) is 12.9. The molecule has 36 heavy (non-hydrogen) atoms. The largest absolute Gasteiger partial charge is 0.325 e. The topological polar surface area (TPSA) is 49.9 Å². The lowest BCUT2D eigenvalue weighted by atomic mass is 9.83. The van der Waals surface area contributed by atoms with E-state index in [-0.39, 0.29) is 28.0 Å². The third-order valence-electron chi connectivity index (χ3n) is 5.48. The molecule has 1 N–H and O–H groups in total. The second-order valence-corrected chi connectivity index (χ2v) is 10.1. The van der Waals surface area contributed by atoms with E-state index < -0.39 is 5.66 Å². The maximum absolute atomic E-state index is 13.9. The first-order valence-corrected chi connectivity index (χ1v) is 13.8. The van der Waals surface area contributed by atoms with E-state index in [1.165, 1.54) is 21.7 Å². The monoisotopic (exact) mass is 545 g/mol. The van der Waals surface area contributed by atoms with Gasteiger partial charge in [-0.2, -0.15) is 8.78 Å². The van der Waals surface area contributed by atoms with Gasteiger partial charge in [-0.3, -0.25) is 9.59 Å². The number of aryl methyl sites for hydroxylation is 1. The highest BCUT2D eigenvalue weighted by molar-refractivity contribution is 7.17. The second kappa shape index (κ2) is 17.8. The number of aromatic nitrogens is 1. The molecule has 0 fully saturated rings. The van der Waals surface area contributed by atoms with Crippen LogP contribution in [0, 0.1) is 6.92 Å². The predicted molar refractivity (Wildman–Crippen MR) is 156 cm³/mol. The minimum absolute atomic E-state index is 0.125. The van der Waals surface area contributed by atoms with Gasteiger partial charge in [0.05, 0.1) is 0 Å². The number of alkyl halides is 2. The molecule has 1 aromatic carbocycles. The summed E-state index contributed by atoms with van der Waals surface area (Å²) in [5, 5.41) is 0.242. The second-order valence-electron chi connectivity index (χ2n) is 8.97. The number of hydrogen-bond donors (Lipinski definition) is 1. The Morgan fingerprint density at radius 2 is 1.50 bits per heavy atom. The van der Waals surface area contributed by atoms with E-state index in [1.807, 2.05) is 34.6 Å². The van der Waals surface area contributed by atoms with Crippen LogP contribution in [-0.4, -0.2) is 10.8 Å². The van der Waals surface area contributed by atoms with E-state index in [1.54, 1.807) is 18.2 Å². The van der Waals surface area contributed by atoms with Crippen molar-refractivity contribution in [2.75, 3.05) is 0 Å². The zero-order valence-electron chi connectivity index (χ0n) is 23.9. The maximum atomic E-state index is 13.9. The van der Waals surface area contributed by atoms with E-state index in [0.29, 0.717) is 29.8 Å². The summed E-state index contributed by atoms with van der Waals surface area (Å²) in [6, 6.07) is 6.16. The van der Waals surface area contributed by atoms with Gasteiger partial charge in [0.15, 0.2) is 0 Å². The minimum atomic E-state index is -3.10. The highest BCUT2D eigenvalue weighted by Crippen LogP contribution is 2.38. The lowest BCUT2D eigenvalue weighted by molar-refractivity contribution is -0.118. The molecule has 2 rings (SSSR count). The number of pyridine rings is 1. The van der Waals surface area contributed by atoms with Crippen molar-refractivity contribution in [1.29, 1.82) is 0 Å². The molecule has 0 bridgehead atoms. The van der Waals surface area contributed by atoms with Crippen LogP contribution in [-0.2, 0) is 22.3 Å². The smallest absolute Gasteiger partial charge is 0.284 e. The molecule has 0 amide bonds. The molecule has 0 aliphatic heterocycles. The van der Waals surface area contributed by atoms with Crippen LogP contribution in [0.5, 0.6) is 0 Å². The number of aromatic amines is 1. The maximum Gasteiger partial charge on any atom is 0.284 e. The molecule has 0 aliphatic carbocycles. The van der Waals surface area contributed by atoms with Gasteiger partial charge in [-0.1, -0.05) is 95.6 Å². The molecule has 0 aliphatic rings. The number of ketones is 1. The summed E-state index contributed by atoms with van der Waals surface area (Å²) in [5.74, 6) is 0.343. The fraction of sp³-hybridized carbons (Fsp3) is 0.586. The van der Waals surface area contributed by atoms with Gasteiger partial charge < -0.3 is 4.98 Å². The Hall–Kier alpha value is -1.58. The molecule has 3 nitrogen and oxygen atoms in total. The number of H-pyrrole nitrogens is 1. The highest BCUT2D eigenvalue weighted by Gasteiger charge is 2.28. The molecule has 7 heteroatoms. The molecule has 1 atom stereocenters. The Bertz CT molecular complexity index is 976. The molecular weight excluding hydrogens is 499 g/mol. The van der Waals surface area contributed by atoms with Gasteiger partial charge in [0.1, 0.15) is 5.78 Å². The SMILES string of the molecule is CC.CCC.CCC(=O)CC.CCC(C)(C)c1[nH]c(=O)c(Cc2ccc(Cl)cc2C(F)(F)P)cc1C. The van der Waals surface area contributed by atoms with E-state index in [9.17, 15) is 18.4 Å². The first-order chi connectivity index (χ1) is 16.7. The molecule has 0 spiro atoms. The number of rotatable bonds is 7. The Kier molecular flexibility index (Phi) is 18.1. The van der Waals surface area contributed by atoms with Crippen molar-refractivity contribution in [3.05, 3.63) is 67.6 Å². The molecule has 1 heterocycles. The first kappa shape index (κ1) is 36.6. The predicted octanol–water partition coefficient (Wildman–Crippen LogP) is 9.36. The quantitative estimate of drug-likeness (QED) is 0.352. The fourth-order valence-electron chi connectivity index (χ4n) is 3.17. The normalized spacial score (nSPS) is 10.7. The van der Waals surface area contributed by atoms with Gasteiger partial charge in [0.25, 0.3) is 11.2 Å². The Morgan fingerprint density at radius 3 is 1.89 bits per heavy atom. The van der Waals surface area contributed by atoms with Crippen LogP contribution in [0.3, 0.4) is 0 Å². The van der Waals surface area contributed by atoms with Crippen LogP contribution in [0.1, 0.15) is 116 Å².